The fourth-order valence-corrected chi connectivity index (χ4v) is 8.32. The highest BCUT2D eigenvalue weighted by Crippen LogP contribution is 2.24. The van der Waals surface area contributed by atoms with E-state index in [2.05, 4.69) is 36.9 Å². The molecule has 0 aliphatic carbocycles. The zero-order valence-electron chi connectivity index (χ0n) is 32.7. The Labute approximate surface area is 356 Å². The third-order valence-electron chi connectivity index (χ3n) is 9.19. The molecule has 0 bridgehead atoms. The van der Waals surface area contributed by atoms with Crippen LogP contribution in [0.4, 0.5) is 0 Å². The number of carbonyl (C=O) groups excluding carboxylic acids is 7. The number of carbonyl (C=O) groups is 9. The number of amides is 7. The highest BCUT2D eigenvalue weighted by molar-refractivity contribution is 8.76. The van der Waals surface area contributed by atoms with Crippen molar-refractivity contribution >= 4 is 80.8 Å². The minimum absolute atomic E-state index is 0.0251. The Morgan fingerprint density at radius 3 is 2.20 bits per heavy atom. The predicted octanol–water partition coefficient (Wildman–Crippen LogP) is -5.21. The van der Waals surface area contributed by atoms with E-state index in [0.717, 1.165) is 26.5 Å². The summed E-state index contributed by atoms with van der Waals surface area (Å²) < 4.78 is 0. The molecule has 2 saturated heterocycles. The molecule has 26 heteroatoms. The molecule has 0 spiro atoms. The molecule has 7 amide bonds. The van der Waals surface area contributed by atoms with Gasteiger partial charge in [-0.25, -0.2) is 4.79 Å². The van der Waals surface area contributed by atoms with Gasteiger partial charge in [-0.2, -0.15) is 0 Å². The number of nitrogens with one attached hydrogen (secondary N) is 6. The average molecular weight is 898 g/mol. The van der Waals surface area contributed by atoms with Crippen molar-refractivity contribution in [2.45, 2.75) is 80.8 Å². The predicted molar refractivity (Wildman–Crippen MR) is 219 cm³/mol. The van der Waals surface area contributed by atoms with Crippen molar-refractivity contribution in [1.82, 2.24) is 36.8 Å². The van der Waals surface area contributed by atoms with Crippen LogP contribution < -0.4 is 49.1 Å². The van der Waals surface area contributed by atoms with Gasteiger partial charge in [0.05, 0.1) is 25.6 Å². The lowest BCUT2D eigenvalue weighted by Crippen LogP contribution is -2.60. The van der Waals surface area contributed by atoms with E-state index < -0.39 is 115 Å². The molecule has 16 N–H and O–H groups in total. The molecule has 61 heavy (non-hydrogen) atoms. The molecule has 0 unspecified atom stereocenters. The number of aliphatic imine (C=N–C) groups is 1. The van der Waals surface area contributed by atoms with Crippen LogP contribution >= 0.6 is 21.6 Å². The van der Waals surface area contributed by atoms with Crippen molar-refractivity contribution in [3.05, 3.63) is 29.8 Å². The van der Waals surface area contributed by atoms with Gasteiger partial charge in [-0.05, 0) is 43.4 Å². The Hall–Kier alpha value is -5.86. The van der Waals surface area contributed by atoms with Gasteiger partial charge in [0.15, 0.2) is 5.96 Å². The van der Waals surface area contributed by atoms with E-state index in [4.69, 9.17) is 17.2 Å². The third kappa shape index (κ3) is 16.3. The molecule has 1 aromatic carbocycles. The molecule has 336 valence electrons. The van der Waals surface area contributed by atoms with Gasteiger partial charge in [-0.3, -0.25) is 43.3 Å². The minimum Gasteiger partial charge on any atom is -0.508 e. The zero-order chi connectivity index (χ0) is 45.2. The summed E-state index contributed by atoms with van der Waals surface area (Å²) in [5.74, 6) is -10.1. The molecule has 2 aliphatic rings. The van der Waals surface area contributed by atoms with Crippen molar-refractivity contribution in [2.75, 3.05) is 37.7 Å². The molecule has 2 heterocycles. The van der Waals surface area contributed by atoms with E-state index in [1.165, 1.54) is 24.3 Å². The fraction of sp³-hybridized carbons (Fsp3) is 0.543. The highest BCUT2D eigenvalue weighted by atomic mass is 33.1. The highest BCUT2D eigenvalue weighted by Gasteiger charge is 2.40. The van der Waals surface area contributed by atoms with Crippen molar-refractivity contribution in [2.24, 2.45) is 22.2 Å². The number of rotatable bonds is 12. The maximum absolute atomic E-state index is 13.8. The summed E-state index contributed by atoms with van der Waals surface area (Å²) >= 11 is 0. The van der Waals surface area contributed by atoms with Gasteiger partial charge in [-0.1, -0.05) is 33.7 Å². The average Bonchev–Trinajstić information content (AvgIpc) is 3.70. The first-order chi connectivity index (χ1) is 28.9. The lowest BCUT2D eigenvalue weighted by molar-refractivity contribution is -0.144. The molecule has 3 rings (SSSR count). The fourth-order valence-electron chi connectivity index (χ4n) is 6.04. The summed E-state index contributed by atoms with van der Waals surface area (Å²) in [5, 5.41) is 53.3. The first-order valence-electron chi connectivity index (χ1n) is 18.9. The minimum atomic E-state index is -1.81. The van der Waals surface area contributed by atoms with Gasteiger partial charge in [-0.15, -0.1) is 0 Å². The van der Waals surface area contributed by atoms with Crippen LogP contribution in [0.3, 0.4) is 0 Å². The summed E-state index contributed by atoms with van der Waals surface area (Å²) in [7, 11) is 2.01. The number of aliphatic hydroxyl groups excluding tert-OH is 1. The molecule has 1 aromatic rings. The van der Waals surface area contributed by atoms with E-state index in [-0.39, 0.29) is 68.4 Å². The number of aliphatic carboxylic acids is 2. The first kappa shape index (κ1) is 49.5. The summed E-state index contributed by atoms with van der Waals surface area (Å²) in [6, 6.07) is -4.59. The van der Waals surface area contributed by atoms with Crippen molar-refractivity contribution in [3.8, 4) is 5.75 Å². The molecule has 24 nitrogen and oxygen atoms in total. The van der Waals surface area contributed by atoms with E-state index in [0.29, 0.717) is 5.56 Å². The van der Waals surface area contributed by atoms with Crippen LogP contribution in [0.2, 0.25) is 0 Å². The number of aliphatic hydroxyl groups is 1. The number of phenolic OH excluding ortho intramolecular Hbond substituents is 1. The normalized spacial score (nSPS) is 24.4. The number of carboxylic acid groups (broad SMARTS) is 2. The molecule has 0 saturated carbocycles. The SMILES string of the molecule is NC(N)=NCCC[C@@H]1NC(=O)[C@H](N)CSSC[C@@H](C(=O)N[C@@H](Cc2ccc(O)cc2)C(=O)O)NC(=O)[C@@H]2CCCN2C(=O)[C@H](CO)NC(=O)[C@H](CC(=O)O)NC(=O)CNC1=O. The van der Waals surface area contributed by atoms with Crippen molar-refractivity contribution < 1.29 is 63.6 Å². The summed E-state index contributed by atoms with van der Waals surface area (Å²) in [4.78, 5) is 122. The van der Waals surface area contributed by atoms with Crippen LogP contribution in [0.1, 0.15) is 37.7 Å². The van der Waals surface area contributed by atoms with Crippen molar-refractivity contribution in [1.29, 1.82) is 0 Å². The smallest absolute Gasteiger partial charge is 0.326 e. The molecule has 7 atom stereocenters. The van der Waals surface area contributed by atoms with Gasteiger partial charge in [0.2, 0.25) is 41.4 Å². The lowest BCUT2D eigenvalue weighted by atomic mass is 10.1. The topological polar surface area (TPSA) is 400 Å². The number of benzene rings is 1. The summed E-state index contributed by atoms with van der Waals surface area (Å²) in [5.41, 5.74) is 17.3. The van der Waals surface area contributed by atoms with Crippen LogP contribution in [0.25, 0.3) is 0 Å². The van der Waals surface area contributed by atoms with Crippen LogP contribution in [0, 0.1) is 0 Å². The molecular formula is C35H51N11O13S2. The summed E-state index contributed by atoms with van der Waals surface area (Å²) in [6.07, 6.45) is -0.669. The van der Waals surface area contributed by atoms with E-state index in [1.54, 1.807) is 0 Å². The van der Waals surface area contributed by atoms with E-state index in [9.17, 15) is 63.6 Å². The van der Waals surface area contributed by atoms with Gasteiger partial charge in [0.1, 0.15) is 42.0 Å². The van der Waals surface area contributed by atoms with Crippen molar-refractivity contribution in [3.63, 3.8) is 0 Å². The number of hydrogen-bond acceptors (Lipinski definition) is 15. The Morgan fingerprint density at radius 2 is 1.56 bits per heavy atom. The van der Waals surface area contributed by atoms with Gasteiger partial charge in [0.25, 0.3) is 0 Å². The number of nitrogens with zero attached hydrogens (tertiary/aromatic N) is 2. The second-order valence-corrected chi connectivity index (χ2v) is 16.4. The van der Waals surface area contributed by atoms with Crippen LogP contribution in [-0.4, -0.2) is 165 Å². The van der Waals surface area contributed by atoms with Gasteiger partial charge < -0.3 is 74.4 Å². The Balaban J connectivity index is 1.93. The Kier molecular flexibility index (Phi) is 19.8. The molecular weight excluding hydrogens is 847 g/mol. The van der Waals surface area contributed by atoms with Crippen LogP contribution in [0.5, 0.6) is 5.75 Å². The quantitative estimate of drug-likeness (QED) is 0.0403. The Bertz CT molecular complexity index is 1800. The zero-order valence-corrected chi connectivity index (χ0v) is 34.4. The number of phenols is 1. The van der Waals surface area contributed by atoms with Gasteiger partial charge >= 0.3 is 11.9 Å². The second-order valence-electron chi connectivity index (χ2n) is 13.9. The number of fused-ring (bicyclic) bond motifs is 1. The third-order valence-corrected chi connectivity index (χ3v) is 11.6. The number of nitrogens with two attached hydrogens (primary N) is 3. The number of carboxylic acids is 2. The monoisotopic (exact) mass is 897 g/mol. The summed E-state index contributed by atoms with van der Waals surface area (Å²) in [6.45, 7) is -1.75. The number of hydrogen-bond donors (Lipinski definition) is 13. The first-order valence-corrected chi connectivity index (χ1v) is 21.4. The maximum atomic E-state index is 13.8. The van der Waals surface area contributed by atoms with Gasteiger partial charge in [0, 0.05) is 31.0 Å². The van der Waals surface area contributed by atoms with E-state index >= 15 is 0 Å². The van der Waals surface area contributed by atoms with E-state index in [1.807, 2.05) is 0 Å². The largest absolute Gasteiger partial charge is 0.508 e. The standard InChI is InChI=1S/C35H51N11O13S2/c36-19-15-60-61-16-24(31(55)43-22(34(58)59)11-17-5-7-18(48)8-6-17)45-32(56)25-4-2-10-46(25)33(57)23(14-47)44-30(54)21(12-27(50)51)41-26(49)13-40-29(53)20(42-28(19)52)3-1-9-39-35(37)38/h5-8,19-25,47-48H,1-4,9-16,36H2,(H,40,53)(H,41,49)(H,42,52)(H,43,55)(H,44,54)(H,45,56)(H,50,51)(H,58,59)(H4,37,38,39)/t19-,20+,21+,22+,23+,24+,25+/m1/s1. The molecule has 0 radical (unpaired) electrons. The van der Waals surface area contributed by atoms with Crippen LogP contribution in [0.15, 0.2) is 29.3 Å². The number of guanidine groups is 1. The second kappa shape index (κ2) is 24.4. The number of aromatic hydroxyl groups is 1. The molecule has 0 aromatic heterocycles. The lowest BCUT2D eigenvalue weighted by Gasteiger charge is -2.30. The molecule has 2 fully saturated rings. The van der Waals surface area contributed by atoms with Crippen LogP contribution in [-0.2, 0) is 49.6 Å². The Morgan fingerprint density at radius 1 is 0.885 bits per heavy atom. The molecule has 2 aliphatic heterocycles. The maximum Gasteiger partial charge on any atom is 0.326 e.